The molecule has 2 atom stereocenters. The molecule has 0 saturated heterocycles. The zero-order valence-corrected chi connectivity index (χ0v) is 19.7. The van der Waals surface area contributed by atoms with E-state index in [4.69, 9.17) is 14.2 Å². The van der Waals surface area contributed by atoms with Crippen LogP contribution >= 0.6 is 0 Å². The predicted molar refractivity (Wildman–Crippen MR) is 121 cm³/mol. The maximum atomic E-state index is 11.8. The van der Waals surface area contributed by atoms with Crippen molar-refractivity contribution in [2.75, 3.05) is 13.2 Å². The van der Waals surface area contributed by atoms with Gasteiger partial charge in [-0.1, -0.05) is 66.0 Å². The molecule has 30 heavy (non-hydrogen) atoms. The van der Waals surface area contributed by atoms with Gasteiger partial charge in [0.1, 0.15) is 12.4 Å². The molecule has 1 saturated carbocycles. The van der Waals surface area contributed by atoms with Crippen LogP contribution in [0.4, 0.5) is 4.79 Å². The van der Waals surface area contributed by atoms with Crippen molar-refractivity contribution in [1.82, 2.24) is 5.32 Å². The molecular weight excluding hydrogens is 378 g/mol. The van der Waals surface area contributed by atoms with E-state index in [9.17, 15) is 4.79 Å². The van der Waals surface area contributed by atoms with Crippen LogP contribution in [-0.4, -0.2) is 31.6 Å². The molecular formula is C25H41NO4. The fourth-order valence-corrected chi connectivity index (χ4v) is 4.67. The second kappa shape index (κ2) is 11.6. The van der Waals surface area contributed by atoms with Crippen LogP contribution in [0.3, 0.4) is 0 Å². The van der Waals surface area contributed by atoms with Crippen LogP contribution in [0.5, 0.6) is 5.75 Å². The van der Waals surface area contributed by atoms with E-state index in [1.807, 2.05) is 19.1 Å². The number of carbonyl (C=O) groups excluding carboxylic acids is 1. The van der Waals surface area contributed by atoms with Gasteiger partial charge in [0.25, 0.3) is 0 Å². The van der Waals surface area contributed by atoms with Crippen LogP contribution in [0.15, 0.2) is 24.3 Å². The Balaban J connectivity index is 1.70. The van der Waals surface area contributed by atoms with Gasteiger partial charge >= 0.3 is 6.09 Å². The Morgan fingerprint density at radius 3 is 2.23 bits per heavy atom. The largest absolute Gasteiger partial charge is 0.465 e. The van der Waals surface area contributed by atoms with Crippen molar-refractivity contribution < 1.29 is 19.0 Å². The van der Waals surface area contributed by atoms with E-state index in [1.54, 1.807) is 0 Å². The first-order valence-electron chi connectivity index (χ1n) is 11.5. The zero-order chi connectivity index (χ0) is 22.1. The van der Waals surface area contributed by atoms with Gasteiger partial charge < -0.3 is 19.5 Å². The van der Waals surface area contributed by atoms with Crippen LogP contribution in [0.2, 0.25) is 0 Å². The molecule has 1 amide bonds. The van der Waals surface area contributed by atoms with E-state index >= 15 is 0 Å². The number of hydrogen-bond donors (Lipinski definition) is 1. The van der Waals surface area contributed by atoms with Crippen LogP contribution in [0.25, 0.3) is 0 Å². The predicted octanol–water partition coefficient (Wildman–Crippen LogP) is 6.27. The van der Waals surface area contributed by atoms with Crippen molar-refractivity contribution in [3.63, 3.8) is 0 Å². The number of nitrogens with one attached hydrogen (secondary N) is 1. The molecule has 1 N–H and O–H groups in total. The van der Waals surface area contributed by atoms with Crippen molar-refractivity contribution in [2.45, 2.75) is 91.9 Å². The minimum atomic E-state index is -0.413. The van der Waals surface area contributed by atoms with Crippen LogP contribution in [0, 0.1) is 11.3 Å². The quantitative estimate of drug-likeness (QED) is 0.378. The molecule has 1 aromatic carbocycles. The Morgan fingerprint density at radius 1 is 1.03 bits per heavy atom. The summed E-state index contributed by atoms with van der Waals surface area (Å²) in [6.45, 7) is 13.8. The van der Waals surface area contributed by atoms with Crippen molar-refractivity contribution in [3.8, 4) is 5.75 Å². The minimum Gasteiger partial charge on any atom is -0.465 e. The van der Waals surface area contributed by atoms with Crippen molar-refractivity contribution in [1.29, 1.82) is 0 Å². The number of amides is 1. The lowest BCUT2D eigenvalue weighted by Gasteiger charge is -2.34. The summed E-state index contributed by atoms with van der Waals surface area (Å²) in [5.41, 5.74) is 1.53. The zero-order valence-electron chi connectivity index (χ0n) is 19.7. The Hall–Kier alpha value is -1.75. The highest BCUT2D eigenvalue weighted by molar-refractivity contribution is 5.67. The fourth-order valence-electron chi connectivity index (χ4n) is 4.67. The topological polar surface area (TPSA) is 56.8 Å². The van der Waals surface area contributed by atoms with E-state index in [-0.39, 0.29) is 24.2 Å². The minimum absolute atomic E-state index is 0.205. The summed E-state index contributed by atoms with van der Waals surface area (Å²) in [6, 6.07) is 8.56. The first kappa shape index (κ1) is 24.5. The molecule has 0 aliphatic heterocycles. The third kappa shape index (κ3) is 8.17. The third-order valence-corrected chi connectivity index (χ3v) is 5.74. The van der Waals surface area contributed by atoms with Crippen molar-refractivity contribution in [3.05, 3.63) is 29.8 Å². The number of benzene rings is 1. The number of alkyl carbamates (subject to hydrolysis) is 1. The van der Waals surface area contributed by atoms with Gasteiger partial charge in [-0.2, -0.15) is 0 Å². The monoisotopic (exact) mass is 419 g/mol. The highest BCUT2D eigenvalue weighted by Gasteiger charge is 2.28. The van der Waals surface area contributed by atoms with E-state index < -0.39 is 6.29 Å². The molecule has 0 spiro atoms. The molecule has 0 heterocycles. The van der Waals surface area contributed by atoms with Gasteiger partial charge in [-0.25, -0.2) is 4.79 Å². The second-order valence-electron chi connectivity index (χ2n) is 9.83. The Bertz CT molecular complexity index is 630. The lowest BCUT2D eigenvalue weighted by atomic mass is 9.70. The number of hydrogen-bond acceptors (Lipinski definition) is 4. The molecule has 2 unspecified atom stereocenters. The van der Waals surface area contributed by atoms with Crippen LogP contribution in [0.1, 0.15) is 85.1 Å². The van der Waals surface area contributed by atoms with Gasteiger partial charge in [-0.3, -0.25) is 0 Å². The molecule has 1 aromatic rings. The summed E-state index contributed by atoms with van der Waals surface area (Å²) >= 11 is 0. The Morgan fingerprint density at radius 2 is 1.67 bits per heavy atom. The number of rotatable bonds is 9. The standard InChI is InChI=1S/C25H41NO4/c1-18(2)23(25(4,5)6)20-12-14-22(15-13-20)30-19(3)28-16-17-29-24(27)26-21-10-8-7-9-11-21/h12-15,18-19,21,23H,7-11,16-17H2,1-6H3,(H,26,27). The van der Waals surface area contributed by atoms with Crippen molar-refractivity contribution >= 4 is 6.09 Å². The highest BCUT2D eigenvalue weighted by Crippen LogP contribution is 2.40. The van der Waals surface area contributed by atoms with Gasteiger partial charge in [-0.15, -0.1) is 0 Å². The lowest BCUT2D eigenvalue weighted by molar-refractivity contribution is -0.0771. The molecule has 1 aliphatic rings. The molecule has 1 fully saturated rings. The molecule has 2 rings (SSSR count). The smallest absolute Gasteiger partial charge is 0.407 e. The maximum Gasteiger partial charge on any atom is 0.407 e. The fraction of sp³-hybridized carbons (Fsp3) is 0.720. The molecule has 5 heteroatoms. The van der Waals surface area contributed by atoms with Gasteiger partial charge in [0, 0.05) is 6.04 Å². The van der Waals surface area contributed by atoms with E-state index in [2.05, 4.69) is 52.1 Å². The first-order chi connectivity index (χ1) is 14.2. The highest BCUT2D eigenvalue weighted by atomic mass is 16.7. The van der Waals surface area contributed by atoms with E-state index in [0.717, 1.165) is 18.6 Å². The van der Waals surface area contributed by atoms with Gasteiger partial charge in [0.05, 0.1) is 6.61 Å². The molecule has 0 aromatic heterocycles. The van der Waals surface area contributed by atoms with E-state index in [1.165, 1.54) is 24.8 Å². The first-order valence-corrected chi connectivity index (χ1v) is 11.5. The number of ether oxygens (including phenoxy) is 3. The van der Waals surface area contributed by atoms with Crippen LogP contribution in [-0.2, 0) is 9.47 Å². The Labute approximate surface area is 182 Å². The number of carbonyl (C=O) groups is 1. The molecule has 170 valence electrons. The summed E-state index contributed by atoms with van der Waals surface area (Å²) in [6.07, 6.45) is 4.94. The average Bonchev–Trinajstić information content (AvgIpc) is 2.66. The summed E-state index contributed by atoms with van der Waals surface area (Å²) in [5, 5.41) is 2.93. The molecule has 0 radical (unpaired) electrons. The summed E-state index contributed by atoms with van der Waals surface area (Å²) in [5.74, 6) is 1.82. The normalized spacial score (nSPS) is 17.4. The average molecular weight is 420 g/mol. The van der Waals surface area contributed by atoms with Crippen LogP contribution < -0.4 is 10.1 Å². The summed E-state index contributed by atoms with van der Waals surface area (Å²) < 4.78 is 16.7. The van der Waals surface area contributed by atoms with Crippen molar-refractivity contribution in [2.24, 2.45) is 11.3 Å². The van der Waals surface area contributed by atoms with Gasteiger partial charge in [-0.05, 0) is 54.7 Å². The maximum absolute atomic E-state index is 11.8. The second-order valence-corrected chi connectivity index (χ2v) is 9.83. The molecule has 5 nitrogen and oxygen atoms in total. The summed E-state index contributed by atoms with van der Waals surface area (Å²) in [7, 11) is 0. The SMILES string of the molecule is CC(OCCOC(=O)NC1CCCCC1)Oc1ccc(C(C(C)C)C(C)(C)C)cc1. The van der Waals surface area contributed by atoms with E-state index in [0.29, 0.717) is 18.4 Å². The summed E-state index contributed by atoms with van der Waals surface area (Å²) in [4.78, 5) is 11.8. The Kier molecular flexibility index (Phi) is 9.47. The molecule has 1 aliphatic carbocycles. The lowest BCUT2D eigenvalue weighted by Crippen LogP contribution is -2.37. The van der Waals surface area contributed by atoms with Gasteiger partial charge in [0.2, 0.25) is 0 Å². The van der Waals surface area contributed by atoms with Gasteiger partial charge in [0.15, 0.2) is 6.29 Å². The molecule has 0 bridgehead atoms. The third-order valence-electron chi connectivity index (χ3n) is 5.74.